The number of hydrogen-bond donors (Lipinski definition) is 0. The lowest BCUT2D eigenvalue weighted by atomic mass is 9.94. The van der Waals surface area contributed by atoms with Crippen LogP contribution in [0.25, 0.3) is 11.0 Å². The van der Waals surface area contributed by atoms with Gasteiger partial charge in [-0.05, 0) is 31.0 Å². The fourth-order valence-corrected chi connectivity index (χ4v) is 5.10. The Morgan fingerprint density at radius 3 is 2.45 bits per heavy atom. The van der Waals surface area contributed by atoms with Crippen molar-refractivity contribution < 1.29 is 9.53 Å². The Morgan fingerprint density at radius 2 is 1.71 bits per heavy atom. The first-order valence-corrected chi connectivity index (χ1v) is 11.9. The summed E-state index contributed by atoms with van der Waals surface area (Å²) in [6, 6.07) is 16.2. The number of methoxy groups -OCH3 is 1. The smallest absolute Gasteiger partial charge is 0.232 e. The SMILES string of the molecule is COc1ccccc1Cc1nc2ccccc2nc1SCC(=O)N(C)C1CCCCC1. The van der Waals surface area contributed by atoms with Gasteiger partial charge in [0.25, 0.3) is 0 Å². The number of amides is 1. The molecule has 0 atom stereocenters. The van der Waals surface area contributed by atoms with E-state index in [-0.39, 0.29) is 5.91 Å². The molecule has 1 amide bonds. The number of benzene rings is 2. The van der Waals surface area contributed by atoms with Crippen LogP contribution in [0.15, 0.2) is 53.6 Å². The number of nitrogens with zero attached hydrogens (tertiary/aromatic N) is 3. The van der Waals surface area contributed by atoms with E-state index in [1.54, 1.807) is 7.11 Å². The first-order valence-electron chi connectivity index (χ1n) is 10.9. The number of rotatable bonds is 7. The first kappa shape index (κ1) is 21.6. The molecule has 6 heteroatoms. The van der Waals surface area contributed by atoms with Gasteiger partial charge in [-0.3, -0.25) is 4.79 Å². The number of thioether (sulfide) groups is 1. The lowest BCUT2D eigenvalue weighted by Gasteiger charge is -2.31. The van der Waals surface area contributed by atoms with Crippen LogP contribution in [-0.4, -0.2) is 46.7 Å². The third kappa shape index (κ3) is 5.18. The Kier molecular flexibility index (Phi) is 7.07. The molecule has 1 aliphatic carbocycles. The molecule has 1 fully saturated rings. The number of para-hydroxylation sites is 3. The summed E-state index contributed by atoms with van der Waals surface area (Å²) in [7, 11) is 3.63. The molecular formula is C25H29N3O2S. The van der Waals surface area contributed by atoms with Crippen LogP contribution in [0.1, 0.15) is 43.4 Å². The summed E-state index contributed by atoms with van der Waals surface area (Å²) < 4.78 is 5.53. The molecule has 4 rings (SSSR count). The highest BCUT2D eigenvalue weighted by atomic mass is 32.2. The Balaban J connectivity index is 1.56. The van der Waals surface area contributed by atoms with E-state index in [0.717, 1.165) is 45.9 Å². The van der Waals surface area contributed by atoms with Gasteiger partial charge in [-0.25, -0.2) is 9.97 Å². The van der Waals surface area contributed by atoms with Crippen molar-refractivity contribution >= 4 is 28.7 Å². The molecular weight excluding hydrogens is 406 g/mol. The maximum Gasteiger partial charge on any atom is 0.232 e. The predicted molar refractivity (Wildman–Crippen MR) is 126 cm³/mol. The Bertz CT molecular complexity index is 1050. The highest BCUT2D eigenvalue weighted by Crippen LogP contribution is 2.28. The molecule has 0 bridgehead atoms. The quantitative estimate of drug-likeness (QED) is 0.483. The van der Waals surface area contributed by atoms with Crippen LogP contribution < -0.4 is 4.74 Å². The molecule has 0 spiro atoms. The second kappa shape index (κ2) is 10.1. The maximum absolute atomic E-state index is 12.9. The van der Waals surface area contributed by atoms with Crippen molar-refractivity contribution in [3.8, 4) is 5.75 Å². The predicted octanol–water partition coefficient (Wildman–Crippen LogP) is 5.11. The molecule has 1 saturated carbocycles. The van der Waals surface area contributed by atoms with Crippen LogP contribution in [0.5, 0.6) is 5.75 Å². The summed E-state index contributed by atoms with van der Waals surface area (Å²) in [5.41, 5.74) is 3.65. The Morgan fingerprint density at radius 1 is 1.03 bits per heavy atom. The van der Waals surface area contributed by atoms with Crippen LogP contribution >= 0.6 is 11.8 Å². The minimum absolute atomic E-state index is 0.162. The lowest BCUT2D eigenvalue weighted by Crippen LogP contribution is -2.39. The van der Waals surface area contributed by atoms with Crippen molar-refractivity contribution in [3.05, 3.63) is 59.8 Å². The van der Waals surface area contributed by atoms with E-state index in [1.807, 2.05) is 60.5 Å². The van der Waals surface area contributed by atoms with E-state index >= 15 is 0 Å². The van der Waals surface area contributed by atoms with Crippen molar-refractivity contribution in [2.45, 2.75) is 49.6 Å². The van der Waals surface area contributed by atoms with Crippen LogP contribution in [0, 0.1) is 0 Å². The molecule has 162 valence electrons. The van der Waals surface area contributed by atoms with Crippen LogP contribution in [0.3, 0.4) is 0 Å². The van der Waals surface area contributed by atoms with E-state index in [2.05, 4.69) is 0 Å². The number of carbonyl (C=O) groups is 1. The second-order valence-electron chi connectivity index (χ2n) is 8.04. The molecule has 0 saturated heterocycles. The van der Waals surface area contributed by atoms with Gasteiger partial charge in [-0.15, -0.1) is 0 Å². The van der Waals surface area contributed by atoms with Gasteiger partial charge in [0.2, 0.25) is 5.91 Å². The zero-order valence-corrected chi connectivity index (χ0v) is 19.0. The van der Waals surface area contributed by atoms with Gasteiger partial charge in [0.05, 0.1) is 29.6 Å². The third-order valence-corrected chi connectivity index (χ3v) is 7.00. The first-order chi connectivity index (χ1) is 15.2. The van der Waals surface area contributed by atoms with Crippen LogP contribution in [0.4, 0.5) is 0 Å². The molecule has 0 N–H and O–H groups in total. The summed E-state index contributed by atoms with van der Waals surface area (Å²) in [5, 5.41) is 0.815. The fourth-order valence-electron chi connectivity index (χ4n) is 4.18. The highest BCUT2D eigenvalue weighted by molar-refractivity contribution is 7.99. The van der Waals surface area contributed by atoms with E-state index < -0.39 is 0 Å². The number of carbonyl (C=O) groups excluding carboxylic acids is 1. The molecule has 5 nitrogen and oxygen atoms in total. The van der Waals surface area contributed by atoms with Crippen molar-refractivity contribution in [1.82, 2.24) is 14.9 Å². The highest BCUT2D eigenvalue weighted by Gasteiger charge is 2.23. The van der Waals surface area contributed by atoms with Gasteiger partial charge >= 0.3 is 0 Å². The number of hydrogen-bond acceptors (Lipinski definition) is 5. The van der Waals surface area contributed by atoms with Crippen molar-refractivity contribution in [3.63, 3.8) is 0 Å². The summed E-state index contributed by atoms with van der Waals surface area (Å²) in [5.74, 6) is 1.37. The van der Waals surface area contributed by atoms with Gasteiger partial charge in [-0.2, -0.15) is 0 Å². The molecule has 1 aromatic heterocycles. The average molecular weight is 436 g/mol. The fraction of sp³-hybridized carbons (Fsp3) is 0.400. The van der Waals surface area contributed by atoms with Crippen molar-refractivity contribution in [2.24, 2.45) is 0 Å². The van der Waals surface area contributed by atoms with Crippen molar-refractivity contribution in [1.29, 1.82) is 0 Å². The molecule has 31 heavy (non-hydrogen) atoms. The van der Waals surface area contributed by atoms with Crippen LogP contribution in [-0.2, 0) is 11.2 Å². The molecule has 3 aromatic rings. The Labute approximate surface area is 188 Å². The van der Waals surface area contributed by atoms with E-state index in [1.165, 1.54) is 31.0 Å². The largest absolute Gasteiger partial charge is 0.496 e. The summed E-state index contributed by atoms with van der Waals surface area (Å²) in [6.45, 7) is 0. The molecule has 1 heterocycles. The average Bonchev–Trinajstić information content (AvgIpc) is 2.83. The number of ether oxygens (including phenoxy) is 1. The molecule has 0 aliphatic heterocycles. The molecule has 0 unspecified atom stereocenters. The third-order valence-electron chi connectivity index (χ3n) is 6.00. The lowest BCUT2D eigenvalue weighted by molar-refractivity contribution is -0.129. The van der Waals surface area contributed by atoms with E-state index in [0.29, 0.717) is 18.2 Å². The van der Waals surface area contributed by atoms with E-state index in [4.69, 9.17) is 14.7 Å². The second-order valence-corrected chi connectivity index (χ2v) is 9.00. The minimum Gasteiger partial charge on any atom is -0.496 e. The summed E-state index contributed by atoms with van der Waals surface area (Å²) in [6.07, 6.45) is 6.55. The van der Waals surface area contributed by atoms with Crippen molar-refractivity contribution in [2.75, 3.05) is 19.9 Å². The Hall–Kier alpha value is -2.60. The summed E-state index contributed by atoms with van der Waals surface area (Å²) >= 11 is 1.49. The van der Waals surface area contributed by atoms with Crippen LogP contribution in [0.2, 0.25) is 0 Å². The van der Waals surface area contributed by atoms with Gasteiger partial charge in [0, 0.05) is 25.1 Å². The zero-order chi connectivity index (χ0) is 21.6. The van der Waals surface area contributed by atoms with Gasteiger partial charge in [-0.1, -0.05) is 61.4 Å². The number of fused-ring (bicyclic) bond motifs is 1. The molecule has 0 radical (unpaired) electrons. The molecule has 2 aromatic carbocycles. The zero-order valence-electron chi connectivity index (χ0n) is 18.2. The van der Waals surface area contributed by atoms with Gasteiger partial charge in [0.1, 0.15) is 10.8 Å². The topological polar surface area (TPSA) is 55.3 Å². The normalized spacial score (nSPS) is 14.5. The standard InChI is InChI=1S/C25H29N3O2S/c1-28(19-11-4-3-5-12-19)24(29)17-31-25-22(16-18-10-6-9-15-23(18)30-2)26-20-13-7-8-14-21(20)27-25/h6-10,13-15,19H,3-5,11-12,16-17H2,1-2H3. The monoisotopic (exact) mass is 435 g/mol. The number of aromatic nitrogens is 2. The molecule has 1 aliphatic rings. The van der Waals surface area contributed by atoms with Gasteiger partial charge < -0.3 is 9.64 Å². The van der Waals surface area contributed by atoms with Gasteiger partial charge in [0.15, 0.2) is 0 Å². The summed E-state index contributed by atoms with van der Waals surface area (Å²) in [4.78, 5) is 24.6. The minimum atomic E-state index is 0.162. The van der Waals surface area contributed by atoms with E-state index in [9.17, 15) is 4.79 Å². The maximum atomic E-state index is 12.9.